The van der Waals surface area contributed by atoms with Crippen molar-refractivity contribution < 1.29 is 57.8 Å². The molecule has 1 unspecified atom stereocenters. The summed E-state index contributed by atoms with van der Waals surface area (Å²) in [6.45, 7) is 28.0. The van der Waals surface area contributed by atoms with Gasteiger partial charge in [0.25, 0.3) is 0 Å². The van der Waals surface area contributed by atoms with E-state index in [1.165, 1.54) is 68.8 Å². The van der Waals surface area contributed by atoms with Gasteiger partial charge >= 0.3 is 0 Å². The van der Waals surface area contributed by atoms with E-state index in [0.29, 0.717) is 12.8 Å². The Bertz CT molecular complexity index is 2220. The van der Waals surface area contributed by atoms with Crippen molar-refractivity contribution >= 4 is 65.0 Å². The van der Waals surface area contributed by atoms with Crippen LogP contribution in [0.1, 0.15) is 149 Å². The highest BCUT2D eigenvalue weighted by Crippen LogP contribution is 2.25. The number of carbonyl (C=O) groups excluding carboxylic acids is 11. The Hall–Kier alpha value is -6.13. The largest absolute Gasteiger partial charge is 0.390 e. The first-order valence-electron chi connectivity index (χ1n) is 29.6. The zero-order valence-corrected chi connectivity index (χ0v) is 54.7. The number of carbonyl (C=O) groups is 11. The molecule has 0 aliphatic carbocycles. The molecular formula is C60H109N11O12. The van der Waals surface area contributed by atoms with Crippen LogP contribution in [0.15, 0.2) is 12.2 Å². The molecule has 0 bridgehead atoms. The van der Waals surface area contributed by atoms with E-state index in [4.69, 9.17) is 5.73 Å². The molecule has 0 fully saturated rings. The van der Waals surface area contributed by atoms with Crippen LogP contribution in [-0.2, 0) is 52.7 Å². The van der Waals surface area contributed by atoms with Crippen molar-refractivity contribution in [3.63, 3.8) is 0 Å². The maximum absolute atomic E-state index is 15.1. The highest BCUT2D eigenvalue weighted by molar-refractivity contribution is 5.98. The molecule has 0 heterocycles. The Labute approximate surface area is 496 Å². The van der Waals surface area contributed by atoms with Crippen LogP contribution in [0, 0.1) is 41.4 Å². The van der Waals surface area contributed by atoms with Crippen LogP contribution in [0.3, 0.4) is 0 Å². The van der Waals surface area contributed by atoms with E-state index in [2.05, 4.69) is 16.0 Å². The van der Waals surface area contributed by atoms with Crippen molar-refractivity contribution in [1.82, 2.24) is 50.2 Å². The zero-order chi connectivity index (χ0) is 64.8. The van der Waals surface area contributed by atoms with E-state index in [0.717, 1.165) is 14.7 Å². The minimum Gasteiger partial charge on any atom is -0.390 e. The maximum atomic E-state index is 15.1. The molecule has 0 spiro atoms. The van der Waals surface area contributed by atoms with E-state index in [1.807, 2.05) is 62.3 Å². The molecular weight excluding hydrogens is 1070 g/mol. The highest BCUT2D eigenvalue weighted by Gasteiger charge is 2.45. The van der Waals surface area contributed by atoms with Crippen LogP contribution in [0.2, 0.25) is 0 Å². The molecule has 11 amide bonds. The lowest BCUT2D eigenvalue weighted by Gasteiger charge is -2.41. The van der Waals surface area contributed by atoms with Gasteiger partial charge in [0.05, 0.1) is 19.2 Å². The first kappa shape index (κ1) is 76.9. The third-order valence-electron chi connectivity index (χ3n) is 15.5. The number of primary amides is 1. The van der Waals surface area contributed by atoms with Gasteiger partial charge in [0, 0.05) is 55.3 Å². The second kappa shape index (κ2) is 35.9. The molecule has 0 aromatic heterocycles. The van der Waals surface area contributed by atoms with Gasteiger partial charge in [-0.05, 0) is 87.9 Å². The van der Waals surface area contributed by atoms with E-state index in [9.17, 15) is 48.3 Å². The monoisotopic (exact) mass is 1180 g/mol. The van der Waals surface area contributed by atoms with Gasteiger partial charge in [0.1, 0.15) is 48.3 Å². The highest BCUT2D eigenvalue weighted by atomic mass is 16.3. The standard InChI is InChI=1S/C60H109N11O12/c1-24-27-28-39(14)51(74)50(54(77)64-43(26-3)57(80)66(18)33-48(73)65(17)32-47(61)72)71(23)60(83)49(38(12)13)70(22)59(82)46(31-36(8)9)69(21)58(81)45(30-35(6)7)68(20)56(79)41(16)62-52(75)42(25-2)63-53(76)44(29-34(4)5)67(19)55(78)40(15)37(10)11/h24,27,34-46,49-51,74H,25-26,28-33H2,1-23H3,(H2,61,72)(H,62,75)(H,63,76)(H,64,77)/b27-24+/t39-,40-,41+,42-,43-,44+,45-,46-,49-,50?,51+/m1/s1. The number of hydrogen-bond acceptors (Lipinski definition) is 12. The Morgan fingerprint density at radius 3 is 1.34 bits per heavy atom. The average molecular weight is 1180 g/mol. The molecule has 0 aliphatic heterocycles. The van der Waals surface area contributed by atoms with Gasteiger partial charge in [0.2, 0.25) is 65.0 Å². The summed E-state index contributed by atoms with van der Waals surface area (Å²) in [6.07, 6.45) is 3.30. The van der Waals surface area contributed by atoms with E-state index >= 15 is 9.59 Å². The van der Waals surface area contributed by atoms with Crippen molar-refractivity contribution in [2.45, 2.75) is 204 Å². The molecule has 0 aliphatic rings. The molecule has 0 radical (unpaired) electrons. The smallest absolute Gasteiger partial charge is 0.246 e. The molecule has 23 nitrogen and oxygen atoms in total. The Balaban J connectivity index is 7.07. The summed E-state index contributed by atoms with van der Waals surface area (Å²) >= 11 is 0. The van der Waals surface area contributed by atoms with Crippen LogP contribution in [0.25, 0.3) is 0 Å². The quantitative estimate of drug-likeness (QED) is 0.0573. The number of allylic oxidation sites excluding steroid dienone is 2. The fourth-order valence-corrected chi connectivity index (χ4v) is 9.80. The average Bonchev–Trinajstić information content (AvgIpc) is 3.61. The summed E-state index contributed by atoms with van der Waals surface area (Å²) in [5.74, 6) is -8.44. The van der Waals surface area contributed by atoms with Crippen LogP contribution in [0.4, 0.5) is 0 Å². The summed E-state index contributed by atoms with van der Waals surface area (Å²) in [7, 11) is 9.98. The zero-order valence-electron chi connectivity index (χ0n) is 54.7. The predicted octanol–water partition coefficient (Wildman–Crippen LogP) is 2.87. The number of hydrogen-bond donors (Lipinski definition) is 5. The number of likely N-dealkylation sites (N-methyl/N-ethyl adjacent to an activating group) is 7. The molecule has 83 heavy (non-hydrogen) atoms. The van der Waals surface area contributed by atoms with Crippen LogP contribution < -0.4 is 21.7 Å². The van der Waals surface area contributed by atoms with Gasteiger partial charge in [0.15, 0.2) is 0 Å². The number of aliphatic hydroxyl groups is 1. The normalized spacial score (nSPS) is 15.7. The topological polar surface area (TPSA) is 293 Å². The summed E-state index contributed by atoms with van der Waals surface area (Å²) in [5, 5.41) is 20.2. The van der Waals surface area contributed by atoms with Gasteiger partial charge in [-0.2, -0.15) is 0 Å². The van der Waals surface area contributed by atoms with Crippen molar-refractivity contribution in [3.8, 4) is 0 Å². The molecule has 476 valence electrons. The summed E-state index contributed by atoms with van der Waals surface area (Å²) in [6, 6.07) is -9.43. The number of amides is 11. The lowest BCUT2D eigenvalue weighted by atomic mass is 9.91. The summed E-state index contributed by atoms with van der Waals surface area (Å²) < 4.78 is 0. The van der Waals surface area contributed by atoms with Crippen LogP contribution in [-0.4, -0.2) is 221 Å². The molecule has 0 aromatic carbocycles. The number of aliphatic hydroxyl groups excluding tert-OH is 1. The molecule has 0 rings (SSSR count). The van der Waals surface area contributed by atoms with Gasteiger partial charge in [-0.3, -0.25) is 52.7 Å². The third kappa shape index (κ3) is 23.1. The lowest BCUT2D eigenvalue weighted by Crippen LogP contribution is -2.63. The number of nitrogens with one attached hydrogen (secondary N) is 3. The molecule has 11 atom stereocenters. The molecule has 6 N–H and O–H groups in total. The van der Waals surface area contributed by atoms with Gasteiger partial charge < -0.3 is 61.1 Å². The van der Waals surface area contributed by atoms with Crippen molar-refractivity contribution in [1.29, 1.82) is 0 Å². The van der Waals surface area contributed by atoms with Gasteiger partial charge in [-0.25, -0.2) is 0 Å². The Morgan fingerprint density at radius 1 is 0.470 bits per heavy atom. The number of rotatable bonds is 35. The lowest BCUT2D eigenvalue weighted by molar-refractivity contribution is -0.157. The van der Waals surface area contributed by atoms with Crippen LogP contribution >= 0.6 is 0 Å². The fraction of sp³-hybridized carbons (Fsp3) is 0.783. The minimum absolute atomic E-state index is 0.0387. The third-order valence-corrected chi connectivity index (χ3v) is 15.5. The molecule has 0 saturated carbocycles. The van der Waals surface area contributed by atoms with Gasteiger partial charge in [-0.15, -0.1) is 0 Å². The number of nitrogens with two attached hydrogens (primary N) is 1. The Kier molecular flexibility index (Phi) is 33.2. The van der Waals surface area contributed by atoms with E-state index in [-0.39, 0.29) is 67.7 Å². The SMILES string of the molecule is C/C=C/C[C@@H](C)[C@H](O)C(C(=O)N[C@H](CC)C(=O)N(C)CC(=O)N(C)CC(N)=O)N(C)C(=O)[C@@H](C(C)C)N(C)C(=O)[C@@H](CC(C)C)N(C)C(=O)[C@@H](CC(C)C)N(C)C(=O)[C@H](C)NC(=O)[C@@H](CC)NC(=O)[C@H](CC(C)C)N(C)C(=O)[C@H](C)C(C)C. The summed E-state index contributed by atoms with van der Waals surface area (Å²) in [4.78, 5) is 161. The first-order valence-corrected chi connectivity index (χ1v) is 29.6. The number of nitrogens with zero attached hydrogens (tertiary/aromatic N) is 7. The van der Waals surface area contributed by atoms with Crippen LogP contribution in [0.5, 0.6) is 0 Å². The molecule has 0 saturated heterocycles. The molecule has 23 heteroatoms. The first-order chi connectivity index (χ1) is 38.3. The fourth-order valence-electron chi connectivity index (χ4n) is 9.80. The Morgan fingerprint density at radius 2 is 0.904 bits per heavy atom. The maximum Gasteiger partial charge on any atom is 0.246 e. The van der Waals surface area contributed by atoms with Crippen molar-refractivity contribution in [2.24, 2.45) is 47.2 Å². The molecule has 0 aromatic rings. The summed E-state index contributed by atoms with van der Waals surface area (Å²) in [5.41, 5.74) is 5.24. The minimum atomic E-state index is -1.59. The van der Waals surface area contributed by atoms with Crippen molar-refractivity contribution in [2.75, 3.05) is 62.4 Å². The van der Waals surface area contributed by atoms with E-state index in [1.54, 1.807) is 60.7 Å². The second-order valence-electron chi connectivity index (χ2n) is 24.7. The van der Waals surface area contributed by atoms with Gasteiger partial charge in [-0.1, -0.05) is 109 Å². The second-order valence-corrected chi connectivity index (χ2v) is 24.7. The predicted molar refractivity (Wildman–Crippen MR) is 321 cm³/mol. The van der Waals surface area contributed by atoms with Crippen molar-refractivity contribution in [3.05, 3.63) is 12.2 Å². The van der Waals surface area contributed by atoms with E-state index < -0.39 is 132 Å².